The maximum atomic E-state index is 11.9. The lowest BCUT2D eigenvalue weighted by molar-refractivity contribution is -0.385. The van der Waals surface area contributed by atoms with Gasteiger partial charge in [0.15, 0.2) is 0 Å². The summed E-state index contributed by atoms with van der Waals surface area (Å²) in [5.41, 5.74) is -0.435. The number of pyridine rings is 1. The van der Waals surface area contributed by atoms with Crippen molar-refractivity contribution in [2.24, 2.45) is 0 Å². The van der Waals surface area contributed by atoms with Gasteiger partial charge in [0.1, 0.15) is 17.6 Å². The maximum Gasteiger partial charge on any atom is 0.300 e. The van der Waals surface area contributed by atoms with Crippen molar-refractivity contribution < 1.29 is 13.9 Å². The number of carbonyl (C=O) groups is 1. The Morgan fingerprint density at radius 3 is 2.80 bits per heavy atom. The van der Waals surface area contributed by atoms with Gasteiger partial charge in [-0.2, -0.15) is 0 Å². The third kappa shape index (κ3) is 4.26. The van der Waals surface area contributed by atoms with Crippen molar-refractivity contribution in [2.45, 2.75) is 6.92 Å². The van der Waals surface area contributed by atoms with Crippen LogP contribution in [0.3, 0.4) is 0 Å². The van der Waals surface area contributed by atoms with Crippen LogP contribution >= 0.6 is 0 Å². The fourth-order valence-electron chi connectivity index (χ4n) is 1.43. The number of carbonyl (C=O) groups excluding carboxylic acids is 1. The first-order chi connectivity index (χ1) is 9.49. The lowest BCUT2D eigenvalue weighted by Crippen LogP contribution is -2.28. The van der Waals surface area contributed by atoms with E-state index in [0.717, 1.165) is 6.20 Å². The summed E-state index contributed by atoms with van der Waals surface area (Å²) >= 11 is 0. The van der Waals surface area contributed by atoms with Crippen molar-refractivity contribution in [3.8, 4) is 0 Å². The zero-order valence-electron chi connectivity index (χ0n) is 11.2. The smallest absolute Gasteiger partial charge is 0.300 e. The van der Waals surface area contributed by atoms with Crippen molar-refractivity contribution in [1.29, 1.82) is 0 Å². The number of hydrogen-bond donors (Lipinski definition) is 2. The van der Waals surface area contributed by atoms with E-state index < -0.39 is 21.6 Å². The molecular formula is C11H16N4O4S. The highest BCUT2D eigenvalue weighted by Crippen LogP contribution is 2.19. The summed E-state index contributed by atoms with van der Waals surface area (Å²) in [4.78, 5) is 25.9. The number of nitrogens with one attached hydrogen (secondary N) is 2. The molecule has 8 nitrogen and oxygen atoms in total. The lowest BCUT2D eigenvalue weighted by Gasteiger charge is -2.07. The van der Waals surface area contributed by atoms with Crippen LogP contribution in [-0.2, 0) is 10.8 Å². The zero-order valence-corrected chi connectivity index (χ0v) is 12.0. The van der Waals surface area contributed by atoms with Gasteiger partial charge in [-0.3, -0.25) is 19.1 Å². The largest absolute Gasteiger partial charge is 0.373 e. The Hall–Kier alpha value is -2.03. The minimum atomic E-state index is -0.993. The van der Waals surface area contributed by atoms with Crippen LogP contribution in [0.2, 0.25) is 0 Å². The van der Waals surface area contributed by atoms with Gasteiger partial charge in [-0.15, -0.1) is 0 Å². The van der Waals surface area contributed by atoms with E-state index in [-0.39, 0.29) is 17.8 Å². The molecule has 0 saturated heterocycles. The first-order valence-electron chi connectivity index (χ1n) is 5.95. The molecule has 2 N–H and O–H groups in total. The molecule has 0 aliphatic heterocycles. The van der Waals surface area contributed by atoms with E-state index in [4.69, 9.17) is 0 Å². The van der Waals surface area contributed by atoms with Gasteiger partial charge < -0.3 is 10.6 Å². The highest BCUT2D eigenvalue weighted by molar-refractivity contribution is 7.84. The van der Waals surface area contributed by atoms with Crippen molar-refractivity contribution in [3.63, 3.8) is 0 Å². The second-order valence-electron chi connectivity index (χ2n) is 3.78. The highest BCUT2D eigenvalue weighted by atomic mass is 32.2. The van der Waals surface area contributed by atoms with Gasteiger partial charge >= 0.3 is 0 Å². The average Bonchev–Trinajstić information content (AvgIpc) is 2.45. The Morgan fingerprint density at radius 1 is 1.55 bits per heavy atom. The molecule has 1 rings (SSSR count). The van der Waals surface area contributed by atoms with Crippen molar-refractivity contribution >= 4 is 28.2 Å². The second kappa shape index (κ2) is 7.53. The predicted octanol–water partition coefficient (Wildman–Crippen LogP) is 0.530. The van der Waals surface area contributed by atoms with Gasteiger partial charge in [-0.1, -0.05) is 6.92 Å². The SMILES string of the molecule is CCS(=O)CCNC(=O)c1cc(NC)ncc1[N+](=O)[O-]. The van der Waals surface area contributed by atoms with E-state index in [1.54, 1.807) is 14.0 Å². The van der Waals surface area contributed by atoms with Crippen LogP contribution in [-0.4, -0.2) is 45.1 Å². The Labute approximate surface area is 118 Å². The summed E-state index contributed by atoms with van der Waals surface area (Å²) in [7, 11) is 0.604. The first kappa shape index (κ1) is 16.0. The molecule has 1 unspecified atom stereocenters. The Morgan fingerprint density at radius 2 is 2.25 bits per heavy atom. The van der Waals surface area contributed by atoms with Crippen LogP contribution in [0.15, 0.2) is 12.3 Å². The molecule has 0 bridgehead atoms. The van der Waals surface area contributed by atoms with E-state index in [0.29, 0.717) is 17.3 Å². The number of nitro groups is 1. The van der Waals surface area contributed by atoms with Crippen molar-refractivity contribution in [2.75, 3.05) is 30.4 Å². The highest BCUT2D eigenvalue weighted by Gasteiger charge is 2.21. The third-order valence-corrected chi connectivity index (χ3v) is 3.82. The minimum absolute atomic E-state index is 0.0726. The van der Waals surface area contributed by atoms with Gasteiger partial charge in [-0.25, -0.2) is 4.98 Å². The van der Waals surface area contributed by atoms with Crippen LogP contribution in [0.25, 0.3) is 0 Å². The van der Waals surface area contributed by atoms with E-state index in [1.165, 1.54) is 6.07 Å². The summed E-state index contributed by atoms with van der Waals surface area (Å²) in [6.45, 7) is 1.98. The molecule has 9 heteroatoms. The molecule has 1 aromatic heterocycles. The third-order valence-electron chi connectivity index (χ3n) is 2.52. The number of nitrogens with zero attached hydrogens (tertiary/aromatic N) is 2. The molecule has 1 amide bonds. The molecule has 1 heterocycles. The number of amides is 1. The summed E-state index contributed by atoms with van der Waals surface area (Å²) in [5.74, 6) is 0.608. The van der Waals surface area contributed by atoms with Crippen LogP contribution in [0.5, 0.6) is 0 Å². The molecule has 0 spiro atoms. The molecule has 20 heavy (non-hydrogen) atoms. The van der Waals surface area contributed by atoms with Crippen LogP contribution in [0, 0.1) is 10.1 Å². The topological polar surface area (TPSA) is 114 Å². The molecule has 0 aliphatic rings. The van der Waals surface area contributed by atoms with Crippen LogP contribution in [0.4, 0.5) is 11.5 Å². The van der Waals surface area contributed by atoms with Crippen LogP contribution < -0.4 is 10.6 Å². The van der Waals surface area contributed by atoms with Gasteiger partial charge in [0, 0.05) is 42.0 Å². The Balaban J connectivity index is 2.84. The number of hydrogen-bond acceptors (Lipinski definition) is 6. The molecule has 110 valence electrons. The van der Waals surface area contributed by atoms with Gasteiger partial charge in [-0.05, 0) is 0 Å². The predicted molar refractivity (Wildman–Crippen MR) is 76.3 cm³/mol. The fourth-order valence-corrected chi connectivity index (χ4v) is 2.05. The monoisotopic (exact) mass is 300 g/mol. The van der Waals surface area contributed by atoms with Crippen molar-refractivity contribution in [1.82, 2.24) is 10.3 Å². The summed E-state index contributed by atoms with van der Waals surface area (Å²) in [6.07, 6.45) is 1.03. The molecule has 0 aliphatic carbocycles. The molecule has 0 aromatic carbocycles. The normalized spacial score (nSPS) is 11.7. The van der Waals surface area contributed by atoms with Gasteiger partial charge in [0.05, 0.1) is 4.92 Å². The van der Waals surface area contributed by atoms with E-state index in [2.05, 4.69) is 15.6 Å². The molecule has 0 fully saturated rings. The lowest BCUT2D eigenvalue weighted by atomic mass is 10.2. The zero-order chi connectivity index (χ0) is 15.1. The van der Waals surface area contributed by atoms with E-state index in [1.807, 2.05) is 0 Å². The van der Waals surface area contributed by atoms with E-state index in [9.17, 15) is 19.1 Å². The van der Waals surface area contributed by atoms with Gasteiger partial charge in [0.2, 0.25) is 0 Å². The fraction of sp³-hybridized carbons (Fsp3) is 0.455. The van der Waals surface area contributed by atoms with Crippen LogP contribution in [0.1, 0.15) is 17.3 Å². The second-order valence-corrected chi connectivity index (χ2v) is 5.65. The maximum absolute atomic E-state index is 11.9. The summed E-state index contributed by atoms with van der Waals surface area (Å²) in [6, 6.07) is 1.31. The van der Waals surface area contributed by atoms with Gasteiger partial charge in [0.25, 0.3) is 11.6 Å². The standard InChI is InChI=1S/C11H16N4O4S/c1-3-20(19)5-4-13-11(16)8-6-10(12-2)14-7-9(8)15(17)18/h6-7H,3-5H2,1-2H3,(H,12,14)(H,13,16). The number of aromatic nitrogens is 1. The number of rotatable bonds is 7. The molecule has 0 saturated carbocycles. The van der Waals surface area contributed by atoms with Crippen molar-refractivity contribution in [3.05, 3.63) is 27.9 Å². The molecular weight excluding hydrogens is 284 g/mol. The molecule has 1 aromatic rings. The quantitative estimate of drug-likeness (QED) is 0.561. The minimum Gasteiger partial charge on any atom is -0.373 e. The number of anilines is 1. The molecule has 1 atom stereocenters. The van der Waals surface area contributed by atoms with E-state index >= 15 is 0 Å². The summed E-state index contributed by atoms with van der Waals surface area (Å²) in [5, 5.41) is 16.1. The molecule has 0 radical (unpaired) electrons. The summed E-state index contributed by atoms with van der Waals surface area (Å²) < 4.78 is 11.2. The Bertz CT molecular complexity index is 535. The Kier molecular flexibility index (Phi) is 6.04. The first-order valence-corrected chi connectivity index (χ1v) is 7.43. The average molecular weight is 300 g/mol.